The maximum Gasteiger partial charge on any atom is 0.474 e. The van der Waals surface area contributed by atoms with Crippen LogP contribution in [0.15, 0.2) is 0 Å². The number of hydrogen-bond donors (Lipinski definition) is 2. The van der Waals surface area contributed by atoms with Gasteiger partial charge in [-0.3, -0.25) is 13.6 Å². The fourth-order valence-corrected chi connectivity index (χ4v) is 4.77. The van der Waals surface area contributed by atoms with E-state index in [0.717, 1.165) is 64.3 Å². The summed E-state index contributed by atoms with van der Waals surface area (Å²) in [5.41, 5.74) is 0. The molecule has 194 valence electrons. The minimum absolute atomic E-state index is 0.194. The molecule has 0 saturated carbocycles. The number of nitrogens with one attached hydrogen (secondary N) is 1. The topological polar surface area (TPSA) is 77.0 Å². The third-order valence-corrected chi connectivity index (χ3v) is 7.03. The van der Waals surface area contributed by atoms with Crippen molar-refractivity contribution in [1.82, 2.24) is 5.32 Å². The van der Waals surface area contributed by atoms with E-state index >= 15 is 0 Å². The lowest BCUT2D eigenvalue weighted by Gasteiger charge is -2.18. The number of aliphatic hydroxyl groups excluding tert-OH is 1. The number of phosphoric acid groups is 1. The van der Waals surface area contributed by atoms with Gasteiger partial charge < -0.3 is 10.4 Å². The zero-order valence-corrected chi connectivity index (χ0v) is 22.2. The summed E-state index contributed by atoms with van der Waals surface area (Å²) in [7, 11) is -3.45. The highest BCUT2D eigenvalue weighted by Crippen LogP contribution is 2.50. The zero-order chi connectivity index (χ0) is 23.6. The third-order valence-electron chi connectivity index (χ3n) is 5.53. The molecule has 2 N–H and O–H groups in total. The Balaban J connectivity index is 4.02. The number of hydrogen-bond acceptors (Lipinski definition) is 6. The maximum atomic E-state index is 13.0. The molecule has 0 radical (unpaired) electrons. The van der Waals surface area contributed by atoms with Crippen LogP contribution in [0, 0.1) is 0 Å². The van der Waals surface area contributed by atoms with E-state index in [1.54, 1.807) is 0 Å². The van der Waals surface area contributed by atoms with E-state index in [0.29, 0.717) is 26.4 Å². The van der Waals surface area contributed by atoms with Gasteiger partial charge in [0.25, 0.3) is 0 Å². The second-order valence-electron chi connectivity index (χ2n) is 8.72. The van der Waals surface area contributed by atoms with Crippen molar-refractivity contribution in [3.63, 3.8) is 0 Å². The van der Waals surface area contributed by atoms with Crippen molar-refractivity contribution in [2.45, 2.75) is 123 Å². The molecule has 0 fully saturated rings. The molecule has 0 aliphatic carbocycles. The van der Waals surface area contributed by atoms with Crippen LogP contribution in [0.5, 0.6) is 0 Å². The van der Waals surface area contributed by atoms with Gasteiger partial charge in [0.15, 0.2) is 0 Å². The summed E-state index contributed by atoms with van der Waals surface area (Å²) in [4.78, 5) is 0. The van der Waals surface area contributed by atoms with Gasteiger partial charge in [0.1, 0.15) is 0 Å². The van der Waals surface area contributed by atoms with Gasteiger partial charge in [-0.25, -0.2) is 4.57 Å². The molecule has 0 amide bonds. The summed E-state index contributed by atoms with van der Waals surface area (Å²) in [5.74, 6) is 0. The molecule has 0 spiro atoms. The van der Waals surface area contributed by atoms with Crippen LogP contribution < -0.4 is 5.32 Å². The van der Waals surface area contributed by atoms with Gasteiger partial charge in [0.05, 0.1) is 26.4 Å². The Morgan fingerprint density at radius 3 is 1.34 bits per heavy atom. The first-order valence-corrected chi connectivity index (χ1v) is 15.0. The Labute approximate surface area is 199 Å². The molecule has 0 saturated heterocycles. The predicted molar refractivity (Wildman–Crippen MR) is 135 cm³/mol. The van der Waals surface area contributed by atoms with Gasteiger partial charge in [-0.1, -0.05) is 97.3 Å². The Kier molecular flexibility index (Phi) is 25.7. The normalized spacial score (nSPS) is 12.0. The standard InChI is InChI=1S/C25H54NO5P/c1-3-5-7-9-13-17-23-29-32(28,30-24-18-14-10-8-6-4-2)31-25-19-15-11-12-16-20-26-21-22-27/h26-27H,3-25H2,1-2H3. The molecule has 0 unspecified atom stereocenters. The molecule has 0 aliphatic heterocycles. The Morgan fingerprint density at radius 1 is 0.562 bits per heavy atom. The van der Waals surface area contributed by atoms with E-state index in [-0.39, 0.29) is 6.61 Å². The molecule has 6 nitrogen and oxygen atoms in total. The van der Waals surface area contributed by atoms with E-state index in [4.69, 9.17) is 18.7 Å². The SMILES string of the molecule is CCCCCCCCOP(=O)(OCCCCCCCC)OCCCCCCCNCCO. The second kappa shape index (κ2) is 25.6. The molecule has 7 heteroatoms. The van der Waals surface area contributed by atoms with Gasteiger partial charge in [0, 0.05) is 6.54 Å². The van der Waals surface area contributed by atoms with Crippen LogP contribution >= 0.6 is 7.82 Å². The molecule has 0 rings (SSSR count). The first-order valence-electron chi connectivity index (χ1n) is 13.5. The fourth-order valence-electron chi connectivity index (χ4n) is 3.49. The molecule has 0 aromatic carbocycles. The van der Waals surface area contributed by atoms with Crippen molar-refractivity contribution < 1.29 is 23.2 Å². The molecule has 0 aliphatic rings. The largest absolute Gasteiger partial charge is 0.474 e. The lowest BCUT2D eigenvalue weighted by atomic mass is 10.1. The molecule has 0 heterocycles. The number of phosphoric ester groups is 1. The van der Waals surface area contributed by atoms with E-state index in [1.165, 1.54) is 51.4 Å². The molecule has 0 aromatic heterocycles. The summed E-state index contributed by atoms with van der Waals surface area (Å²) >= 11 is 0. The minimum atomic E-state index is -3.45. The highest BCUT2D eigenvalue weighted by molar-refractivity contribution is 7.48. The first-order chi connectivity index (χ1) is 15.7. The zero-order valence-electron chi connectivity index (χ0n) is 21.3. The van der Waals surface area contributed by atoms with Crippen LogP contribution in [0.25, 0.3) is 0 Å². The second-order valence-corrected chi connectivity index (χ2v) is 10.4. The molecule has 0 atom stereocenters. The fraction of sp³-hybridized carbons (Fsp3) is 1.00. The lowest BCUT2D eigenvalue weighted by molar-refractivity contribution is 0.108. The van der Waals surface area contributed by atoms with Gasteiger partial charge >= 0.3 is 7.82 Å². The van der Waals surface area contributed by atoms with Crippen molar-refractivity contribution >= 4 is 7.82 Å². The maximum absolute atomic E-state index is 13.0. The average Bonchev–Trinajstić information content (AvgIpc) is 2.79. The van der Waals surface area contributed by atoms with Crippen LogP contribution in [0.1, 0.15) is 123 Å². The average molecular weight is 480 g/mol. The van der Waals surface area contributed by atoms with Crippen LogP contribution in [0.4, 0.5) is 0 Å². The summed E-state index contributed by atoms with van der Waals surface area (Å²) in [6.45, 7) is 7.56. The van der Waals surface area contributed by atoms with Crippen molar-refractivity contribution in [1.29, 1.82) is 0 Å². The van der Waals surface area contributed by atoms with Crippen LogP contribution in [0.2, 0.25) is 0 Å². The van der Waals surface area contributed by atoms with Crippen LogP contribution in [0.3, 0.4) is 0 Å². The van der Waals surface area contributed by atoms with Crippen LogP contribution in [-0.4, -0.2) is 44.6 Å². The highest BCUT2D eigenvalue weighted by Gasteiger charge is 2.26. The number of rotatable bonds is 27. The van der Waals surface area contributed by atoms with E-state index in [2.05, 4.69) is 19.2 Å². The number of unbranched alkanes of at least 4 members (excludes halogenated alkanes) is 14. The quantitative estimate of drug-likeness (QED) is 0.0944. The Hall–Kier alpha value is 0.0300. The van der Waals surface area contributed by atoms with Crippen molar-refractivity contribution in [2.24, 2.45) is 0 Å². The highest BCUT2D eigenvalue weighted by atomic mass is 31.2. The molecular formula is C25H54NO5P. The third kappa shape index (κ3) is 23.2. The summed E-state index contributed by atoms with van der Waals surface area (Å²) in [6.07, 6.45) is 19.3. The van der Waals surface area contributed by atoms with E-state index in [9.17, 15) is 4.57 Å². The molecule has 32 heavy (non-hydrogen) atoms. The van der Waals surface area contributed by atoms with Crippen molar-refractivity contribution in [2.75, 3.05) is 39.5 Å². The van der Waals surface area contributed by atoms with Crippen molar-refractivity contribution in [3.05, 3.63) is 0 Å². The summed E-state index contributed by atoms with van der Waals surface area (Å²) < 4.78 is 30.0. The predicted octanol–water partition coefficient (Wildman–Crippen LogP) is 7.40. The molecular weight excluding hydrogens is 425 g/mol. The lowest BCUT2D eigenvalue weighted by Crippen LogP contribution is -2.19. The Morgan fingerprint density at radius 2 is 0.938 bits per heavy atom. The van der Waals surface area contributed by atoms with Crippen molar-refractivity contribution in [3.8, 4) is 0 Å². The van der Waals surface area contributed by atoms with E-state index in [1.807, 2.05) is 0 Å². The summed E-state index contributed by atoms with van der Waals surface area (Å²) in [5, 5.41) is 11.9. The molecule has 0 aromatic rings. The van der Waals surface area contributed by atoms with Gasteiger partial charge in [-0.2, -0.15) is 0 Å². The Bertz CT molecular complexity index is 390. The van der Waals surface area contributed by atoms with Gasteiger partial charge in [-0.15, -0.1) is 0 Å². The van der Waals surface area contributed by atoms with E-state index < -0.39 is 7.82 Å². The monoisotopic (exact) mass is 479 g/mol. The minimum Gasteiger partial charge on any atom is -0.395 e. The first kappa shape index (κ1) is 32.0. The van der Waals surface area contributed by atoms with Crippen LogP contribution in [-0.2, 0) is 18.1 Å². The van der Waals surface area contributed by atoms with Gasteiger partial charge in [-0.05, 0) is 32.2 Å². The van der Waals surface area contributed by atoms with Gasteiger partial charge in [0.2, 0.25) is 0 Å². The smallest absolute Gasteiger partial charge is 0.395 e. The number of aliphatic hydroxyl groups is 1. The summed E-state index contributed by atoms with van der Waals surface area (Å²) in [6, 6.07) is 0. The molecule has 0 bridgehead atoms.